The van der Waals surface area contributed by atoms with Gasteiger partial charge in [0.05, 0.1) is 11.8 Å². The van der Waals surface area contributed by atoms with E-state index >= 15 is 0 Å². The number of hydrogen-bond donors (Lipinski definition) is 0. The van der Waals surface area contributed by atoms with Gasteiger partial charge in [0.2, 0.25) is 0 Å². The zero-order chi connectivity index (χ0) is 21.3. The molecule has 0 saturated heterocycles. The van der Waals surface area contributed by atoms with Gasteiger partial charge in [-0.15, -0.1) is 0 Å². The largest absolute Gasteiger partial charge is 0.426 e. The highest BCUT2D eigenvalue weighted by atomic mass is 16.5. The van der Waals surface area contributed by atoms with Crippen LogP contribution >= 0.6 is 0 Å². The lowest BCUT2D eigenvalue weighted by Gasteiger charge is -2.25. The fraction of sp³-hybridized carbons (Fsp3) is 0.462. The minimum absolute atomic E-state index is 0.155. The Labute approximate surface area is 179 Å². The molecule has 0 atom stereocenters. The number of esters is 2. The number of benzene rings is 2. The summed E-state index contributed by atoms with van der Waals surface area (Å²) in [7, 11) is 0. The van der Waals surface area contributed by atoms with Crippen LogP contribution in [0.25, 0.3) is 0 Å². The molecule has 0 spiro atoms. The van der Waals surface area contributed by atoms with Crippen molar-refractivity contribution in [2.75, 3.05) is 0 Å². The summed E-state index contributed by atoms with van der Waals surface area (Å²) in [5.41, 5.74) is 2.40. The molecule has 1 aliphatic rings. The highest BCUT2D eigenvalue weighted by Gasteiger charge is 2.32. The number of carbonyl (C=O) groups excluding carboxylic acids is 2. The number of carbonyl (C=O) groups is 2. The lowest BCUT2D eigenvalue weighted by atomic mass is 9.82. The van der Waals surface area contributed by atoms with Crippen molar-refractivity contribution < 1.29 is 19.1 Å². The van der Waals surface area contributed by atoms with Gasteiger partial charge in [-0.2, -0.15) is 0 Å². The van der Waals surface area contributed by atoms with Gasteiger partial charge in [0.25, 0.3) is 0 Å². The van der Waals surface area contributed by atoms with Crippen LogP contribution in [0.1, 0.15) is 63.0 Å². The van der Waals surface area contributed by atoms with Gasteiger partial charge in [0.15, 0.2) is 0 Å². The van der Waals surface area contributed by atoms with Crippen LogP contribution in [0.3, 0.4) is 0 Å². The summed E-state index contributed by atoms with van der Waals surface area (Å²) in [5, 5.41) is 0. The Hall–Kier alpha value is -2.62. The topological polar surface area (TPSA) is 52.6 Å². The van der Waals surface area contributed by atoms with E-state index in [1.165, 1.54) is 24.8 Å². The van der Waals surface area contributed by atoms with Crippen LogP contribution in [0.4, 0.5) is 0 Å². The molecule has 0 aliphatic heterocycles. The zero-order valence-corrected chi connectivity index (χ0v) is 18.1. The molecule has 0 unspecified atom stereocenters. The maximum Gasteiger partial charge on any atom is 0.314 e. The second-order valence-corrected chi connectivity index (χ2v) is 8.30. The van der Waals surface area contributed by atoms with Crippen molar-refractivity contribution in [2.45, 2.75) is 65.2 Å². The van der Waals surface area contributed by atoms with Crippen LogP contribution in [0.15, 0.2) is 48.5 Å². The molecule has 4 nitrogen and oxygen atoms in total. The first-order valence-corrected chi connectivity index (χ1v) is 11.1. The van der Waals surface area contributed by atoms with Crippen molar-refractivity contribution in [1.29, 1.82) is 0 Å². The summed E-state index contributed by atoms with van der Waals surface area (Å²) >= 11 is 0. The van der Waals surface area contributed by atoms with Gasteiger partial charge in [-0.1, -0.05) is 49.6 Å². The minimum Gasteiger partial charge on any atom is -0.426 e. The van der Waals surface area contributed by atoms with Crippen molar-refractivity contribution in [1.82, 2.24) is 0 Å². The van der Waals surface area contributed by atoms with Crippen LogP contribution in [-0.2, 0) is 16.0 Å². The molecule has 0 aromatic heterocycles. The first kappa shape index (κ1) is 22.1. The SMILES string of the molecule is CCCCCc1ccc(OC(=O)C2CCC(C(=O)Oc3ccc(C)cc3)CC2)cc1. The highest BCUT2D eigenvalue weighted by Crippen LogP contribution is 2.31. The zero-order valence-electron chi connectivity index (χ0n) is 18.1. The van der Waals surface area contributed by atoms with E-state index in [0.29, 0.717) is 37.2 Å². The standard InChI is InChI=1S/C26H32O4/c1-3-4-5-6-20-9-17-24(18-10-20)30-26(28)22-13-11-21(12-14-22)25(27)29-23-15-7-19(2)8-16-23/h7-10,15-18,21-22H,3-6,11-14H2,1-2H3. The number of rotatable bonds is 8. The van der Waals surface area contributed by atoms with E-state index in [1.54, 1.807) is 0 Å². The van der Waals surface area contributed by atoms with Gasteiger partial charge < -0.3 is 9.47 Å². The maximum atomic E-state index is 12.5. The molecule has 1 aliphatic carbocycles. The Morgan fingerprint density at radius 2 is 1.23 bits per heavy atom. The summed E-state index contributed by atoms with van der Waals surface area (Å²) < 4.78 is 11.1. The monoisotopic (exact) mass is 408 g/mol. The molecular formula is C26H32O4. The van der Waals surface area contributed by atoms with E-state index in [0.717, 1.165) is 12.0 Å². The molecular weight excluding hydrogens is 376 g/mol. The Balaban J connectivity index is 1.43. The van der Waals surface area contributed by atoms with E-state index in [-0.39, 0.29) is 23.8 Å². The Morgan fingerprint density at radius 3 is 1.70 bits per heavy atom. The predicted octanol–water partition coefficient (Wildman–Crippen LogP) is 6.05. The normalized spacial score (nSPS) is 18.6. The van der Waals surface area contributed by atoms with E-state index in [4.69, 9.17) is 9.47 Å². The third-order valence-electron chi connectivity index (χ3n) is 5.84. The maximum absolute atomic E-state index is 12.5. The average Bonchev–Trinajstić information content (AvgIpc) is 2.77. The molecule has 1 fully saturated rings. The Morgan fingerprint density at radius 1 is 0.767 bits per heavy atom. The fourth-order valence-corrected chi connectivity index (χ4v) is 3.87. The fourth-order valence-electron chi connectivity index (χ4n) is 3.87. The molecule has 0 heterocycles. The van der Waals surface area contributed by atoms with Gasteiger partial charge in [-0.3, -0.25) is 9.59 Å². The van der Waals surface area contributed by atoms with Crippen molar-refractivity contribution in [3.63, 3.8) is 0 Å². The molecule has 0 radical (unpaired) electrons. The molecule has 1 saturated carbocycles. The number of ether oxygens (including phenoxy) is 2. The van der Waals surface area contributed by atoms with E-state index in [2.05, 4.69) is 6.92 Å². The summed E-state index contributed by atoms with van der Waals surface area (Å²) in [6.45, 7) is 4.19. The van der Waals surface area contributed by atoms with Gasteiger partial charge in [-0.25, -0.2) is 0 Å². The molecule has 30 heavy (non-hydrogen) atoms. The van der Waals surface area contributed by atoms with E-state index in [9.17, 15) is 9.59 Å². The highest BCUT2D eigenvalue weighted by molar-refractivity contribution is 5.77. The second kappa shape index (κ2) is 11.0. The van der Waals surface area contributed by atoms with Gasteiger partial charge in [-0.05, 0) is 75.3 Å². The lowest BCUT2D eigenvalue weighted by molar-refractivity contribution is -0.145. The average molecular weight is 409 g/mol. The summed E-state index contributed by atoms with van der Waals surface area (Å²) in [4.78, 5) is 24.9. The number of unbranched alkanes of at least 4 members (excludes halogenated alkanes) is 2. The third-order valence-corrected chi connectivity index (χ3v) is 5.84. The van der Waals surface area contributed by atoms with Gasteiger partial charge >= 0.3 is 11.9 Å². The molecule has 160 valence electrons. The van der Waals surface area contributed by atoms with Crippen LogP contribution < -0.4 is 9.47 Å². The van der Waals surface area contributed by atoms with Crippen molar-refractivity contribution in [3.05, 3.63) is 59.7 Å². The summed E-state index contributed by atoms with van der Waals surface area (Å²) in [6, 6.07) is 15.3. The van der Waals surface area contributed by atoms with Gasteiger partial charge in [0, 0.05) is 0 Å². The first-order chi connectivity index (χ1) is 14.5. The molecule has 3 rings (SSSR count). The van der Waals surface area contributed by atoms with Crippen LogP contribution in [0.5, 0.6) is 11.5 Å². The second-order valence-electron chi connectivity index (χ2n) is 8.30. The first-order valence-electron chi connectivity index (χ1n) is 11.1. The van der Waals surface area contributed by atoms with Crippen molar-refractivity contribution in [2.24, 2.45) is 11.8 Å². The molecule has 0 N–H and O–H groups in total. The number of hydrogen-bond acceptors (Lipinski definition) is 4. The molecule has 0 amide bonds. The van der Waals surface area contributed by atoms with Crippen molar-refractivity contribution in [3.8, 4) is 11.5 Å². The smallest absolute Gasteiger partial charge is 0.314 e. The van der Waals surface area contributed by atoms with Crippen LogP contribution in [0.2, 0.25) is 0 Å². The molecule has 0 bridgehead atoms. The molecule has 2 aromatic rings. The van der Waals surface area contributed by atoms with Crippen LogP contribution in [0, 0.1) is 18.8 Å². The Bertz CT molecular complexity index is 815. The minimum atomic E-state index is -0.204. The predicted molar refractivity (Wildman–Crippen MR) is 118 cm³/mol. The quantitative estimate of drug-likeness (QED) is 0.303. The summed E-state index contributed by atoms with van der Waals surface area (Å²) in [5.74, 6) is 0.462. The molecule has 2 aromatic carbocycles. The Kier molecular flexibility index (Phi) is 8.06. The third kappa shape index (κ3) is 6.45. The summed E-state index contributed by atoms with van der Waals surface area (Å²) in [6.07, 6.45) is 7.31. The molecule has 4 heteroatoms. The van der Waals surface area contributed by atoms with Crippen LogP contribution in [-0.4, -0.2) is 11.9 Å². The number of aryl methyl sites for hydroxylation is 2. The van der Waals surface area contributed by atoms with Gasteiger partial charge in [0.1, 0.15) is 11.5 Å². The van der Waals surface area contributed by atoms with Crippen molar-refractivity contribution >= 4 is 11.9 Å². The lowest BCUT2D eigenvalue weighted by Crippen LogP contribution is -2.30. The van der Waals surface area contributed by atoms with E-state index < -0.39 is 0 Å². The van der Waals surface area contributed by atoms with E-state index in [1.807, 2.05) is 55.5 Å².